The van der Waals surface area contributed by atoms with Gasteiger partial charge in [0.1, 0.15) is 12.0 Å². The van der Waals surface area contributed by atoms with Crippen molar-refractivity contribution in [2.75, 3.05) is 11.4 Å². The summed E-state index contributed by atoms with van der Waals surface area (Å²) in [5, 5.41) is 10.9. The molecule has 1 atom stereocenters. The molecule has 0 N–H and O–H groups in total. The van der Waals surface area contributed by atoms with Crippen molar-refractivity contribution in [3.05, 3.63) is 27.9 Å². The third-order valence-electron chi connectivity index (χ3n) is 3.78. The van der Waals surface area contributed by atoms with Crippen molar-refractivity contribution in [2.24, 2.45) is 5.41 Å². The first-order chi connectivity index (χ1) is 9.28. The van der Waals surface area contributed by atoms with E-state index in [1.165, 1.54) is 19.0 Å². The first-order valence-electron chi connectivity index (χ1n) is 7.15. The lowest BCUT2D eigenvalue weighted by Crippen LogP contribution is -2.33. The number of anilines is 1. The smallest absolute Gasteiger partial charge is 0.290 e. The molecule has 20 heavy (non-hydrogen) atoms. The number of rotatable bonds is 3. The lowest BCUT2D eigenvalue weighted by atomic mass is 9.87. The fourth-order valence-corrected chi connectivity index (χ4v) is 2.94. The van der Waals surface area contributed by atoms with E-state index in [1.54, 1.807) is 6.92 Å². The van der Waals surface area contributed by atoms with Crippen molar-refractivity contribution in [3.63, 3.8) is 0 Å². The van der Waals surface area contributed by atoms with E-state index in [9.17, 15) is 10.1 Å². The molecular formula is C15H23N3O2. The van der Waals surface area contributed by atoms with Crippen LogP contribution in [0.2, 0.25) is 0 Å². The van der Waals surface area contributed by atoms with E-state index in [2.05, 4.69) is 30.7 Å². The molecule has 1 unspecified atom stereocenters. The molecule has 5 nitrogen and oxygen atoms in total. The Balaban J connectivity index is 2.22. The largest absolute Gasteiger partial charge is 0.354 e. The first-order valence-corrected chi connectivity index (χ1v) is 7.15. The van der Waals surface area contributed by atoms with E-state index in [4.69, 9.17) is 0 Å². The predicted molar refractivity (Wildman–Crippen MR) is 80.1 cm³/mol. The van der Waals surface area contributed by atoms with E-state index < -0.39 is 0 Å². The average molecular weight is 277 g/mol. The number of aromatic nitrogens is 1. The highest BCUT2D eigenvalue weighted by Gasteiger charge is 2.30. The second-order valence-electron chi connectivity index (χ2n) is 6.84. The summed E-state index contributed by atoms with van der Waals surface area (Å²) in [5.41, 5.74) is 1.06. The number of pyridine rings is 1. The minimum absolute atomic E-state index is 0.0975. The van der Waals surface area contributed by atoms with Crippen LogP contribution in [0.4, 0.5) is 11.5 Å². The molecule has 0 radical (unpaired) electrons. The molecule has 2 heterocycles. The maximum absolute atomic E-state index is 10.9. The highest BCUT2D eigenvalue weighted by Crippen LogP contribution is 2.33. The summed E-state index contributed by atoms with van der Waals surface area (Å²) in [4.78, 5) is 17.1. The summed E-state index contributed by atoms with van der Waals surface area (Å²) in [5.74, 6) is 0.875. The van der Waals surface area contributed by atoms with Crippen LogP contribution in [-0.2, 0) is 0 Å². The van der Waals surface area contributed by atoms with Gasteiger partial charge in [-0.05, 0) is 37.7 Å². The van der Waals surface area contributed by atoms with Crippen molar-refractivity contribution in [2.45, 2.75) is 53.0 Å². The van der Waals surface area contributed by atoms with Gasteiger partial charge in [-0.1, -0.05) is 20.8 Å². The van der Waals surface area contributed by atoms with Crippen LogP contribution in [-0.4, -0.2) is 22.5 Å². The molecule has 5 heteroatoms. The van der Waals surface area contributed by atoms with Gasteiger partial charge in [-0.3, -0.25) is 10.1 Å². The van der Waals surface area contributed by atoms with Crippen LogP contribution in [0.1, 0.15) is 45.6 Å². The van der Waals surface area contributed by atoms with Gasteiger partial charge in [-0.25, -0.2) is 4.98 Å². The van der Waals surface area contributed by atoms with Crippen molar-refractivity contribution in [1.82, 2.24) is 4.98 Å². The quantitative estimate of drug-likeness (QED) is 0.624. The van der Waals surface area contributed by atoms with Crippen LogP contribution in [0.25, 0.3) is 0 Å². The average Bonchev–Trinajstić information content (AvgIpc) is 2.73. The van der Waals surface area contributed by atoms with Crippen LogP contribution < -0.4 is 4.90 Å². The third kappa shape index (κ3) is 3.26. The molecule has 1 aromatic heterocycles. The molecular weight excluding hydrogens is 254 g/mol. The van der Waals surface area contributed by atoms with E-state index in [1.807, 2.05) is 6.07 Å². The lowest BCUT2D eigenvalue weighted by Gasteiger charge is -2.31. The molecule has 1 aliphatic heterocycles. The number of nitro groups is 1. The molecule has 0 spiro atoms. The molecule has 0 amide bonds. The van der Waals surface area contributed by atoms with Gasteiger partial charge in [0.15, 0.2) is 0 Å². The van der Waals surface area contributed by atoms with E-state index in [-0.39, 0.29) is 16.0 Å². The number of aryl methyl sites for hydroxylation is 1. The van der Waals surface area contributed by atoms with E-state index in [0.717, 1.165) is 18.8 Å². The maximum atomic E-state index is 10.9. The second-order valence-corrected chi connectivity index (χ2v) is 6.84. The van der Waals surface area contributed by atoms with Gasteiger partial charge in [0.2, 0.25) is 0 Å². The van der Waals surface area contributed by atoms with Crippen LogP contribution in [0.15, 0.2) is 12.3 Å². The zero-order chi connectivity index (χ0) is 14.9. The molecule has 2 rings (SSSR count). The summed E-state index contributed by atoms with van der Waals surface area (Å²) in [7, 11) is 0. The summed E-state index contributed by atoms with van der Waals surface area (Å²) < 4.78 is 0. The lowest BCUT2D eigenvalue weighted by molar-refractivity contribution is -0.385. The maximum Gasteiger partial charge on any atom is 0.290 e. The Morgan fingerprint density at radius 3 is 2.75 bits per heavy atom. The summed E-state index contributed by atoms with van der Waals surface area (Å²) in [6.07, 6.45) is 4.84. The van der Waals surface area contributed by atoms with E-state index >= 15 is 0 Å². The van der Waals surface area contributed by atoms with Gasteiger partial charge in [0.25, 0.3) is 5.69 Å². The molecule has 1 fully saturated rings. The van der Waals surface area contributed by atoms with Gasteiger partial charge >= 0.3 is 0 Å². The Hall–Kier alpha value is -1.65. The Labute approximate surface area is 120 Å². The van der Waals surface area contributed by atoms with Crippen LogP contribution >= 0.6 is 0 Å². The second kappa shape index (κ2) is 5.38. The molecule has 0 bridgehead atoms. The minimum Gasteiger partial charge on any atom is -0.354 e. The Bertz CT molecular complexity index is 508. The molecule has 1 aliphatic rings. The van der Waals surface area contributed by atoms with Gasteiger partial charge in [0.05, 0.1) is 4.92 Å². The zero-order valence-electron chi connectivity index (χ0n) is 12.7. The molecule has 110 valence electrons. The highest BCUT2D eigenvalue weighted by atomic mass is 16.6. The summed E-state index contributed by atoms with van der Waals surface area (Å²) >= 11 is 0. The number of nitrogens with zero attached hydrogens (tertiary/aromatic N) is 3. The SMILES string of the molecule is Cc1cc(N2CCCC2CC(C)(C)C)ncc1[N+](=O)[O-]. The van der Waals surface area contributed by atoms with Crippen molar-refractivity contribution < 1.29 is 4.92 Å². The monoisotopic (exact) mass is 277 g/mol. The van der Waals surface area contributed by atoms with Crippen LogP contribution in [0.5, 0.6) is 0 Å². The zero-order valence-corrected chi connectivity index (χ0v) is 12.7. The minimum atomic E-state index is -0.372. The fraction of sp³-hybridized carbons (Fsp3) is 0.667. The molecule has 1 saturated heterocycles. The standard InChI is InChI=1S/C15H23N3O2/c1-11-8-14(16-10-13(11)18(19)20)17-7-5-6-12(17)9-15(2,3)4/h8,10,12H,5-7,9H2,1-4H3. The van der Waals surface area contributed by atoms with Crippen LogP contribution in [0, 0.1) is 22.5 Å². The molecule has 0 aromatic carbocycles. The fourth-order valence-electron chi connectivity index (χ4n) is 2.94. The van der Waals surface area contributed by atoms with Gasteiger partial charge < -0.3 is 4.90 Å². The highest BCUT2D eigenvalue weighted by molar-refractivity contribution is 5.49. The summed E-state index contributed by atoms with van der Waals surface area (Å²) in [6.45, 7) is 9.51. The van der Waals surface area contributed by atoms with E-state index in [0.29, 0.717) is 11.6 Å². The Morgan fingerprint density at radius 2 is 2.20 bits per heavy atom. The number of hydrogen-bond acceptors (Lipinski definition) is 4. The molecule has 0 aliphatic carbocycles. The normalized spacial score (nSPS) is 19.4. The third-order valence-corrected chi connectivity index (χ3v) is 3.78. The first kappa shape index (κ1) is 14.8. The van der Waals surface area contributed by atoms with Crippen LogP contribution in [0.3, 0.4) is 0 Å². The van der Waals surface area contributed by atoms with Crippen molar-refractivity contribution in [1.29, 1.82) is 0 Å². The molecule has 1 aromatic rings. The summed E-state index contributed by atoms with van der Waals surface area (Å²) in [6, 6.07) is 2.34. The van der Waals surface area contributed by atoms with Gasteiger partial charge in [-0.15, -0.1) is 0 Å². The van der Waals surface area contributed by atoms with Crippen molar-refractivity contribution >= 4 is 11.5 Å². The number of hydrogen-bond donors (Lipinski definition) is 0. The van der Waals surface area contributed by atoms with Gasteiger partial charge in [0, 0.05) is 18.2 Å². The molecule has 0 saturated carbocycles. The Morgan fingerprint density at radius 1 is 1.50 bits per heavy atom. The predicted octanol–water partition coefficient (Wildman–Crippen LogP) is 3.70. The van der Waals surface area contributed by atoms with Gasteiger partial charge in [-0.2, -0.15) is 0 Å². The Kier molecular flexibility index (Phi) is 3.97. The van der Waals surface area contributed by atoms with Crippen molar-refractivity contribution in [3.8, 4) is 0 Å². The topological polar surface area (TPSA) is 59.3 Å².